The molecule has 0 saturated carbocycles. The van der Waals surface area contributed by atoms with Crippen LogP contribution in [-0.4, -0.2) is 31.6 Å². The summed E-state index contributed by atoms with van der Waals surface area (Å²) < 4.78 is 4.77. The number of allylic oxidation sites excluding steroid dienone is 10. The van der Waals surface area contributed by atoms with Gasteiger partial charge in [0.15, 0.2) is 0 Å². The van der Waals surface area contributed by atoms with E-state index in [1.54, 1.807) is 0 Å². The van der Waals surface area contributed by atoms with Crippen molar-refractivity contribution in [2.45, 2.75) is 83.6 Å². The van der Waals surface area contributed by atoms with Gasteiger partial charge in [0.05, 0.1) is 7.11 Å². The van der Waals surface area contributed by atoms with Crippen LogP contribution < -0.4 is 11.1 Å². The Morgan fingerprint density at radius 2 is 1.34 bits per heavy atom. The quantitative estimate of drug-likeness (QED) is 0.152. The average Bonchev–Trinajstić information content (AvgIpc) is 2.80. The SMILES string of the molecule is CCC=CC/C=C\C/C=C\C/C=C\C/C=C\CCCC(=O)N[C@@H](CCCCN)C(=O)OC. The second-order valence-electron chi connectivity index (χ2n) is 7.53. The van der Waals surface area contributed by atoms with Crippen LogP contribution in [0.3, 0.4) is 0 Å². The summed E-state index contributed by atoms with van der Waals surface area (Å²) in [4.78, 5) is 23.9. The first-order valence-corrected chi connectivity index (χ1v) is 12.0. The molecule has 0 aliphatic heterocycles. The monoisotopic (exact) mass is 444 g/mol. The molecular weight excluding hydrogens is 400 g/mol. The van der Waals surface area contributed by atoms with Crippen molar-refractivity contribution in [2.24, 2.45) is 5.73 Å². The molecule has 3 N–H and O–H groups in total. The molecule has 1 amide bonds. The van der Waals surface area contributed by atoms with Gasteiger partial charge in [0.2, 0.25) is 5.91 Å². The molecule has 0 unspecified atom stereocenters. The summed E-state index contributed by atoms with van der Waals surface area (Å²) >= 11 is 0. The predicted molar refractivity (Wildman–Crippen MR) is 135 cm³/mol. The van der Waals surface area contributed by atoms with Crippen molar-refractivity contribution in [1.29, 1.82) is 0 Å². The molecule has 0 bridgehead atoms. The fourth-order valence-electron chi connectivity index (χ4n) is 2.90. The number of amides is 1. The number of nitrogens with one attached hydrogen (secondary N) is 1. The van der Waals surface area contributed by atoms with Crippen molar-refractivity contribution >= 4 is 11.9 Å². The van der Waals surface area contributed by atoms with Crippen LogP contribution in [0.25, 0.3) is 0 Å². The summed E-state index contributed by atoms with van der Waals surface area (Å²) in [6.45, 7) is 2.72. The van der Waals surface area contributed by atoms with Crippen LogP contribution in [0.15, 0.2) is 60.8 Å². The Morgan fingerprint density at radius 1 is 0.812 bits per heavy atom. The summed E-state index contributed by atoms with van der Waals surface area (Å²) in [7, 11) is 1.34. The van der Waals surface area contributed by atoms with Gasteiger partial charge in [0, 0.05) is 6.42 Å². The van der Waals surface area contributed by atoms with E-state index in [1.165, 1.54) is 7.11 Å². The third kappa shape index (κ3) is 19.6. The van der Waals surface area contributed by atoms with E-state index in [0.29, 0.717) is 19.4 Å². The summed E-state index contributed by atoms with van der Waals surface area (Å²) in [6.07, 6.45) is 30.8. The van der Waals surface area contributed by atoms with Gasteiger partial charge in [0.1, 0.15) is 6.04 Å². The van der Waals surface area contributed by atoms with Gasteiger partial charge < -0.3 is 15.8 Å². The minimum Gasteiger partial charge on any atom is -0.467 e. The average molecular weight is 445 g/mol. The Morgan fingerprint density at radius 3 is 1.84 bits per heavy atom. The zero-order valence-corrected chi connectivity index (χ0v) is 20.1. The maximum atomic E-state index is 12.1. The lowest BCUT2D eigenvalue weighted by molar-refractivity contribution is -0.145. The van der Waals surface area contributed by atoms with E-state index < -0.39 is 12.0 Å². The molecule has 5 heteroatoms. The van der Waals surface area contributed by atoms with Gasteiger partial charge in [-0.2, -0.15) is 0 Å². The lowest BCUT2D eigenvalue weighted by atomic mass is 10.1. The van der Waals surface area contributed by atoms with Crippen LogP contribution in [-0.2, 0) is 14.3 Å². The maximum Gasteiger partial charge on any atom is 0.328 e. The number of carbonyl (C=O) groups excluding carboxylic acids is 2. The van der Waals surface area contributed by atoms with Crippen LogP contribution >= 0.6 is 0 Å². The predicted octanol–water partition coefficient (Wildman–Crippen LogP) is 5.69. The molecular formula is C27H44N2O3. The Labute approximate surface area is 195 Å². The molecule has 0 spiro atoms. The van der Waals surface area contributed by atoms with E-state index in [-0.39, 0.29) is 5.91 Å². The third-order valence-electron chi connectivity index (χ3n) is 4.70. The van der Waals surface area contributed by atoms with Crippen LogP contribution in [0.5, 0.6) is 0 Å². The van der Waals surface area contributed by atoms with Gasteiger partial charge in [-0.3, -0.25) is 4.79 Å². The molecule has 32 heavy (non-hydrogen) atoms. The Hall–Kier alpha value is -2.40. The van der Waals surface area contributed by atoms with Gasteiger partial charge in [0.25, 0.3) is 0 Å². The first kappa shape index (κ1) is 29.6. The lowest BCUT2D eigenvalue weighted by Gasteiger charge is -2.16. The number of ether oxygens (including phenoxy) is 1. The van der Waals surface area contributed by atoms with Gasteiger partial charge >= 0.3 is 5.97 Å². The smallest absolute Gasteiger partial charge is 0.328 e. The molecule has 0 heterocycles. The van der Waals surface area contributed by atoms with E-state index >= 15 is 0 Å². The van der Waals surface area contributed by atoms with Crippen LogP contribution in [0, 0.1) is 0 Å². The molecule has 1 atom stereocenters. The van der Waals surface area contributed by atoms with Crippen molar-refractivity contribution in [2.75, 3.05) is 13.7 Å². The van der Waals surface area contributed by atoms with Crippen molar-refractivity contribution in [3.63, 3.8) is 0 Å². The van der Waals surface area contributed by atoms with Gasteiger partial charge in [-0.25, -0.2) is 4.79 Å². The molecule has 0 fully saturated rings. The highest BCUT2D eigenvalue weighted by atomic mass is 16.5. The first-order chi connectivity index (χ1) is 15.7. The number of esters is 1. The van der Waals surface area contributed by atoms with Crippen molar-refractivity contribution in [3.8, 4) is 0 Å². The van der Waals surface area contributed by atoms with E-state index in [2.05, 4.69) is 73.0 Å². The Kier molecular flexibility index (Phi) is 21.5. The summed E-state index contributed by atoms with van der Waals surface area (Å²) in [5, 5.41) is 2.78. The zero-order chi connectivity index (χ0) is 23.7. The molecule has 0 saturated heterocycles. The van der Waals surface area contributed by atoms with E-state index in [1.807, 2.05) is 0 Å². The summed E-state index contributed by atoms with van der Waals surface area (Å²) in [6, 6.07) is -0.576. The largest absolute Gasteiger partial charge is 0.467 e. The molecule has 0 radical (unpaired) electrons. The number of hydrogen-bond acceptors (Lipinski definition) is 4. The second kappa shape index (κ2) is 23.3. The maximum absolute atomic E-state index is 12.1. The van der Waals surface area contributed by atoms with Crippen molar-refractivity contribution in [3.05, 3.63) is 60.8 Å². The number of nitrogens with two attached hydrogens (primary N) is 1. The Bertz CT molecular complexity index is 618. The Balaban J connectivity index is 3.84. The summed E-state index contributed by atoms with van der Waals surface area (Å²) in [5.41, 5.74) is 5.48. The molecule has 0 aromatic rings. The highest BCUT2D eigenvalue weighted by molar-refractivity contribution is 5.84. The minimum atomic E-state index is -0.576. The molecule has 0 aliphatic rings. The van der Waals surface area contributed by atoms with Crippen LogP contribution in [0.2, 0.25) is 0 Å². The number of hydrogen-bond donors (Lipinski definition) is 2. The molecule has 5 nitrogen and oxygen atoms in total. The fourth-order valence-corrected chi connectivity index (χ4v) is 2.90. The number of rotatable bonds is 19. The van der Waals surface area contributed by atoms with Crippen molar-refractivity contribution in [1.82, 2.24) is 5.32 Å². The standard InChI is InChI=1S/C27H44N2O3/c1-3-4-5-6-7-8-9-10-11-12-13-14-15-16-17-18-19-23-26(30)29-25(27(31)32-2)22-20-21-24-28/h4-5,7-8,10-11,13-14,16-17,25H,3,6,9,12,15,18-24,28H2,1-2H3,(H,29,30)/b5-4?,8-7-,11-10-,14-13-,17-16-/t25-/m0/s1. The molecule has 0 aromatic heterocycles. The van der Waals surface area contributed by atoms with E-state index in [9.17, 15) is 9.59 Å². The minimum absolute atomic E-state index is 0.111. The van der Waals surface area contributed by atoms with Gasteiger partial charge in [-0.05, 0) is 70.8 Å². The second-order valence-corrected chi connectivity index (χ2v) is 7.53. The van der Waals surface area contributed by atoms with Crippen LogP contribution in [0.1, 0.15) is 77.6 Å². The molecule has 180 valence electrons. The lowest BCUT2D eigenvalue weighted by Crippen LogP contribution is -2.41. The normalized spacial score (nSPS) is 13.2. The first-order valence-electron chi connectivity index (χ1n) is 12.0. The number of carbonyl (C=O) groups is 2. The van der Waals surface area contributed by atoms with Gasteiger partial charge in [-0.1, -0.05) is 67.7 Å². The highest BCUT2D eigenvalue weighted by Gasteiger charge is 2.20. The number of unbranched alkanes of at least 4 members (excludes halogenated alkanes) is 2. The zero-order valence-electron chi connectivity index (χ0n) is 20.1. The van der Waals surface area contributed by atoms with Crippen LogP contribution in [0.4, 0.5) is 0 Å². The van der Waals surface area contributed by atoms with E-state index in [0.717, 1.165) is 57.8 Å². The highest BCUT2D eigenvalue weighted by Crippen LogP contribution is 2.05. The van der Waals surface area contributed by atoms with Crippen molar-refractivity contribution < 1.29 is 14.3 Å². The topological polar surface area (TPSA) is 81.4 Å². The summed E-state index contributed by atoms with van der Waals surface area (Å²) in [5.74, 6) is -0.506. The number of methoxy groups -OCH3 is 1. The molecule has 0 aliphatic carbocycles. The third-order valence-corrected chi connectivity index (χ3v) is 4.70. The van der Waals surface area contributed by atoms with Gasteiger partial charge in [-0.15, -0.1) is 0 Å². The molecule has 0 rings (SSSR count). The molecule has 0 aromatic carbocycles. The fraction of sp³-hybridized carbons (Fsp3) is 0.556. The van der Waals surface area contributed by atoms with E-state index in [4.69, 9.17) is 10.5 Å².